The van der Waals surface area contributed by atoms with Gasteiger partial charge in [-0.2, -0.15) is 10.1 Å². The first-order chi connectivity index (χ1) is 36.6. The molecule has 0 spiro atoms. The Morgan fingerprint density at radius 3 is 1.29 bits per heavy atom. The predicted molar refractivity (Wildman–Crippen MR) is 297 cm³/mol. The van der Waals surface area contributed by atoms with Gasteiger partial charge >= 0.3 is 11.4 Å². The Labute approximate surface area is 466 Å². The van der Waals surface area contributed by atoms with E-state index in [1.54, 1.807) is 53.7 Å². The number of carbonyl (C=O) groups is 3. The van der Waals surface area contributed by atoms with Crippen molar-refractivity contribution in [1.29, 1.82) is 0 Å². The van der Waals surface area contributed by atoms with E-state index in [-0.39, 0.29) is 127 Å². The highest BCUT2D eigenvalue weighted by Crippen LogP contribution is 2.44. The fraction of sp³-hybridized carbons (Fsp3) is 0.312. The SMILES string of the molecule is CC(=O)N(OC(C)(C)C)C(C(=O)N(c1cnc(NCCNc2ccc([N+](=O)[O-])c(N)n2)nc1-c1ccc(Cl)cc1Cl)c1cnc(NCCNc2ccc([N+](=O)[O-])c(N)n2)nc1-c1ccc(Cl)cc1Cl)N(OC(C)(C)C)C(C)=O. The van der Waals surface area contributed by atoms with E-state index in [1.165, 1.54) is 60.9 Å². The van der Waals surface area contributed by atoms with Crippen molar-refractivity contribution in [2.75, 3.05) is 63.8 Å². The molecule has 0 saturated carbocycles. The lowest BCUT2D eigenvalue weighted by atomic mass is 10.1. The standard InChI is InChI=1S/C48H53Cl4N17O9/c1-25(70)66(77-47(3,4)5)43(67(26(2)71)78-48(6,7)8)44(72)65(35-23-59-45(63-39(35)29-11-9-27(49)21-31(29)51)57-19-17-55-37-15-13-33(68(73)74)41(53)61-37)36-24-60-46(64-40(36)30-12-10-28(50)22-32(30)52)58-20-18-56-38-16-14-34(69(75)76)42(54)62-38/h9-16,21-24,43H,17-20H2,1-8H3,(H3,53,55,61)(H3,54,56,62)(H,57,59,63)(H,58,60,64). The normalized spacial score (nSPS) is 11.4. The van der Waals surface area contributed by atoms with Gasteiger partial charge in [-0.15, -0.1) is 0 Å². The van der Waals surface area contributed by atoms with Crippen molar-refractivity contribution in [2.24, 2.45) is 0 Å². The summed E-state index contributed by atoms with van der Waals surface area (Å²) in [6.45, 7) is 12.7. The average molecular weight is 1150 g/mol. The molecule has 0 atom stereocenters. The quantitative estimate of drug-likeness (QED) is 0.0169. The Balaban J connectivity index is 1.57. The summed E-state index contributed by atoms with van der Waals surface area (Å²) in [5, 5.41) is 36.9. The molecule has 6 aromatic rings. The van der Waals surface area contributed by atoms with Crippen molar-refractivity contribution in [2.45, 2.75) is 72.8 Å². The molecule has 412 valence electrons. The van der Waals surface area contributed by atoms with E-state index in [4.69, 9.17) is 77.5 Å². The number of hydrogen-bond acceptors (Lipinski definition) is 21. The van der Waals surface area contributed by atoms with Gasteiger partial charge in [-0.3, -0.25) is 49.2 Å². The van der Waals surface area contributed by atoms with E-state index < -0.39 is 44.9 Å². The first-order valence-electron chi connectivity index (χ1n) is 23.4. The maximum atomic E-state index is 16.4. The number of anilines is 8. The average Bonchev–Trinajstić information content (AvgIpc) is 3.49. The largest absolute Gasteiger partial charge is 0.378 e. The van der Waals surface area contributed by atoms with Crippen LogP contribution in [0, 0.1) is 20.2 Å². The minimum Gasteiger partial charge on any atom is -0.378 e. The second kappa shape index (κ2) is 25.0. The Bertz CT molecular complexity index is 3050. The fourth-order valence-corrected chi connectivity index (χ4v) is 8.12. The Morgan fingerprint density at radius 1 is 0.603 bits per heavy atom. The summed E-state index contributed by atoms with van der Waals surface area (Å²) in [6, 6.07) is 14.3. The minimum atomic E-state index is -2.07. The number of aromatic nitrogens is 6. The van der Waals surface area contributed by atoms with Crippen LogP contribution in [0.1, 0.15) is 55.4 Å². The van der Waals surface area contributed by atoms with Gasteiger partial charge in [-0.05, 0) is 90.1 Å². The molecule has 0 fully saturated rings. The van der Waals surface area contributed by atoms with E-state index in [0.29, 0.717) is 0 Å². The third kappa shape index (κ3) is 15.1. The van der Waals surface area contributed by atoms with Gasteiger partial charge in [0.1, 0.15) is 23.0 Å². The molecule has 4 heterocycles. The topological polar surface area (TPSA) is 343 Å². The highest BCUT2D eigenvalue weighted by Gasteiger charge is 2.46. The summed E-state index contributed by atoms with van der Waals surface area (Å²) < 4.78 is 0. The van der Waals surface area contributed by atoms with Gasteiger partial charge in [-0.1, -0.05) is 46.4 Å². The molecule has 0 bridgehead atoms. The maximum absolute atomic E-state index is 16.4. The molecular weight excluding hydrogens is 1100 g/mol. The molecular formula is C48H53Cl4N17O9. The molecule has 8 N–H and O–H groups in total. The first-order valence-corrected chi connectivity index (χ1v) is 24.9. The Kier molecular flexibility index (Phi) is 19.0. The van der Waals surface area contributed by atoms with Gasteiger partial charge in [0.15, 0.2) is 0 Å². The number of rotatable bonds is 21. The third-order valence-corrected chi connectivity index (χ3v) is 11.4. The van der Waals surface area contributed by atoms with E-state index >= 15 is 4.79 Å². The van der Waals surface area contributed by atoms with Crippen LogP contribution in [-0.2, 0) is 24.1 Å². The van der Waals surface area contributed by atoms with Crippen LogP contribution in [0.4, 0.5) is 57.9 Å². The summed E-state index contributed by atoms with van der Waals surface area (Å²) >= 11 is 26.8. The second-order valence-electron chi connectivity index (χ2n) is 18.7. The van der Waals surface area contributed by atoms with Crippen LogP contribution in [0.25, 0.3) is 22.5 Å². The number of halogens is 4. The summed E-state index contributed by atoms with van der Waals surface area (Å²) in [6.07, 6.45) is 0.496. The monoisotopic (exact) mass is 1150 g/mol. The fourth-order valence-electron chi connectivity index (χ4n) is 7.12. The zero-order chi connectivity index (χ0) is 57.4. The number of carbonyl (C=O) groups excluding carboxylic acids is 3. The number of nitro groups is 2. The lowest BCUT2D eigenvalue weighted by Crippen LogP contribution is -2.62. The molecule has 0 aliphatic carbocycles. The van der Waals surface area contributed by atoms with Gasteiger partial charge in [-0.25, -0.2) is 29.9 Å². The number of nitrogens with two attached hydrogens (primary N) is 2. The van der Waals surface area contributed by atoms with Gasteiger partial charge < -0.3 is 32.7 Å². The Morgan fingerprint density at radius 2 is 0.974 bits per heavy atom. The Hall–Kier alpha value is -8.01. The van der Waals surface area contributed by atoms with Crippen LogP contribution in [0.5, 0.6) is 0 Å². The summed E-state index contributed by atoms with van der Waals surface area (Å²) in [7, 11) is 0. The van der Waals surface area contributed by atoms with Crippen LogP contribution in [0.3, 0.4) is 0 Å². The summed E-state index contributed by atoms with van der Waals surface area (Å²) in [5.74, 6) is -2.79. The van der Waals surface area contributed by atoms with Crippen molar-refractivity contribution >= 4 is 122 Å². The van der Waals surface area contributed by atoms with Crippen LogP contribution >= 0.6 is 46.4 Å². The zero-order valence-corrected chi connectivity index (χ0v) is 46.1. The summed E-state index contributed by atoms with van der Waals surface area (Å²) in [4.78, 5) is 106. The van der Waals surface area contributed by atoms with Gasteiger partial charge in [0.2, 0.25) is 41.5 Å². The van der Waals surface area contributed by atoms with Gasteiger partial charge in [0.25, 0.3) is 5.91 Å². The molecule has 3 amide bonds. The van der Waals surface area contributed by atoms with Gasteiger partial charge in [0.05, 0.1) is 54.9 Å². The number of pyridine rings is 2. The third-order valence-electron chi connectivity index (χ3n) is 10.3. The van der Waals surface area contributed by atoms with Crippen LogP contribution in [0.2, 0.25) is 20.1 Å². The molecule has 0 radical (unpaired) electrons. The summed E-state index contributed by atoms with van der Waals surface area (Å²) in [5.41, 5.74) is 8.68. The van der Waals surface area contributed by atoms with Gasteiger partial charge in [0, 0.05) is 73.3 Å². The molecule has 0 aliphatic heterocycles. The molecule has 0 saturated heterocycles. The predicted octanol–water partition coefficient (Wildman–Crippen LogP) is 9.18. The number of amides is 3. The first kappa shape index (κ1) is 59.2. The highest BCUT2D eigenvalue weighted by molar-refractivity contribution is 6.37. The molecule has 30 heteroatoms. The lowest BCUT2D eigenvalue weighted by Gasteiger charge is -2.42. The van der Waals surface area contributed by atoms with E-state index in [2.05, 4.69) is 41.2 Å². The minimum absolute atomic E-state index is 0.00142. The van der Waals surface area contributed by atoms with Crippen molar-refractivity contribution < 1.29 is 33.9 Å². The van der Waals surface area contributed by atoms with Crippen molar-refractivity contribution in [3.63, 3.8) is 0 Å². The number of nitrogens with zero attached hydrogens (tertiary/aromatic N) is 11. The van der Waals surface area contributed by atoms with E-state index in [0.717, 1.165) is 28.9 Å². The number of hydrogen-bond donors (Lipinski definition) is 6. The molecule has 6 rings (SSSR count). The zero-order valence-electron chi connectivity index (χ0n) is 43.1. The highest BCUT2D eigenvalue weighted by atomic mass is 35.5. The molecule has 2 aromatic carbocycles. The van der Waals surface area contributed by atoms with Crippen LogP contribution in [-0.4, -0.2) is 111 Å². The molecule has 78 heavy (non-hydrogen) atoms. The number of hydroxylamine groups is 4. The molecule has 4 aromatic heterocycles. The van der Waals surface area contributed by atoms with E-state index in [9.17, 15) is 29.8 Å². The number of benzene rings is 2. The number of nitrogen functional groups attached to an aromatic ring is 2. The molecule has 0 unspecified atom stereocenters. The molecule has 0 aliphatic rings. The smallest absolute Gasteiger partial charge is 0.311 e. The molecule has 26 nitrogen and oxygen atoms in total. The van der Waals surface area contributed by atoms with Crippen molar-refractivity contribution in [3.05, 3.63) is 113 Å². The van der Waals surface area contributed by atoms with Crippen molar-refractivity contribution in [3.8, 4) is 22.5 Å². The second-order valence-corrected chi connectivity index (χ2v) is 20.4. The maximum Gasteiger partial charge on any atom is 0.311 e. The number of nitrogens with one attached hydrogen (secondary N) is 4. The van der Waals surface area contributed by atoms with Crippen LogP contribution in [0.15, 0.2) is 73.1 Å². The van der Waals surface area contributed by atoms with E-state index in [1.807, 2.05) is 0 Å². The van der Waals surface area contributed by atoms with Crippen LogP contribution < -0.4 is 37.6 Å². The lowest BCUT2D eigenvalue weighted by molar-refractivity contribution is -0.384. The van der Waals surface area contributed by atoms with Crippen molar-refractivity contribution in [1.82, 2.24) is 40.0 Å².